The van der Waals surface area contributed by atoms with E-state index in [9.17, 15) is 17.6 Å². The molecule has 0 spiro atoms. The number of hydrogen-bond donors (Lipinski definition) is 2. The van der Waals surface area contributed by atoms with Crippen LogP contribution in [0, 0.1) is 5.41 Å². The summed E-state index contributed by atoms with van der Waals surface area (Å²) in [5, 5.41) is 10.6. The van der Waals surface area contributed by atoms with Crippen LogP contribution in [0.1, 0.15) is 42.8 Å². The molecule has 0 fully saturated rings. The molecule has 1 aromatic heterocycles. The molecular formula is C15H17F4N3. The lowest BCUT2D eigenvalue weighted by Gasteiger charge is -2.14. The number of nitrogens with one attached hydrogen (secondary N) is 2. The van der Waals surface area contributed by atoms with Gasteiger partial charge in [0.05, 0.1) is 5.71 Å². The van der Waals surface area contributed by atoms with Gasteiger partial charge < -0.3 is 10.7 Å². The summed E-state index contributed by atoms with van der Waals surface area (Å²) >= 11 is 0. The highest BCUT2D eigenvalue weighted by Crippen LogP contribution is 2.34. The Hall–Kier alpha value is -1.76. The summed E-state index contributed by atoms with van der Waals surface area (Å²) < 4.78 is 51.3. The Balaban J connectivity index is 2.04. The molecule has 0 aliphatic heterocycles. The number of nitrogens with zero attached hydrogens (tertiary/aromatic N) is 1. The van der Waals surface area contributed by atoms with Crippen molar-refractivity contribution in [3.63, 3.8) is 0 Å². The first-order valence-electron chi connectivity index (χ1n) is 7.06. The van der Waals surface area contributed by atoms with Crippen LogP contribution in [-0.2, 0) is 12.6 Å². The van der Waals surface area contributed by atoms with Gasteiger partial charge in [0.2, 0.25) is 0 Å². The molecule has 7 heteroatoms. The molecule has 0 radical (unpaired) electrons. The number of pyridine rings is 1. The summed E-state index contributed by atoms with van der Waals surface area (Å²) in [6, 6.07) is 2.18. The van der Waals surface area contributed by atoms with Crippen LogP contribution >= 0.6 is 0 Å². The molecule has 0 bridgehead atoms. The second-order valence-corrected chi connectivity index (χ2v) is 5.14. The second-order valence-electron chi connectivity index (χ2n) is 5.14. The fourth-order valence-electron chi connectivity index (χ4n) is 2.45. The molecule has 1 aliphatic rings. The molecule has 0 aromatic carbocycles. The molecule has 0 saturated heterocycles. The second kappa shape index (κ2) is 6.56. The predicted octanol–water partition coefficient (Wildman–Crippen LogP) is 3.96. The van der Waals surface area contributed by atoms with Gasteiger partial charge in [-0.05, 0) is 37.0 Å². The lowest BCUT2D eigenvalue weighted by atomic mass is 10.1. The molecule has 2 N–H and O–H groups in total. The van der Waals surface area contributed by atoms with Gasteiger partial charge >= 0.3 is 6.18 Å². The zero-order valence-electron chi connectivity index (χ0n) is 12.1. The van der Waals surface area contributed by atoms with Gasteiger partial charge in [-0.3, -0.25) is 0 Å². The van der Waals surface area contributed by atoms with E-state index in [0.717, 1.165) is 6.07 Å². The highest BCUT2D eigenvalue weighted by Gasteiger charge is 2.34. The number of halogens is 4. The Morgan fingerprint density at radius 2 is 2.18 bits per heavy atom. The van der Waals surface area contributed by atoms with Crippen LogP contribution in [0.3, 0.4) is 0 Å². The minimum absolute atomic E-state index is 0.0352. The molecule has 120 valence electrons. The number of aryl methyl sites for hydroxylation is 1. The summed E-state index contributed by atoms with van der Waals surface area (Å²) in [4.78, 5) is 3.66. The first kappa shape index (κ1) is 16.6. The van der Waals surface area contributed by atoms with Gasteiger partial charge in [0, 0.05) is 18.3 Å². The van der Waals surface area contributed by atoms with E-state index >= 15 is 0 Å². The number of hydrogen-bond acceptors (Lipinski definition) is 3. The van der Waals surface area contributed by atoms with E-state index in [-0.39, 0.29) is 18.3 Å². The van der Waals surface area contributed by atoms with Gasteiger partial charge in [-0.15, -0.1) is 0 Å². The summed E-state index contributed by atoms with van der Waals surface area (Å²) in [6.07, 6.45) is -1.58. The molecule has 2 rings (SSSR count). The molecule has 0 saturated carbocycles. The van der Waals surface area contributed by atoms with Gasteiger partial charge in [-0.2, -0.15) is 13.2 Å². The van der Waals surface area contributed by atoms with Crippen molar-refractivity contribution in [2.24, 2.45) is 0 Å². The maximum absolute atomic E-state index is 13.4. The average molecular weight is 315 g/mol. The normalized spacial score (nSPS) is 18.4. The maximum atomic E-state index is 13.4. The van der Waals surface area contributed by atoms with Crippen LogP contribution < -0.4 is 5.32 Å². The molecule has 1 heterocycles. The van der Waals surface area contributed by atoms with E-state index in [2.05, 4.69) is 10.3 Å². The Labute approximate surface area is 126 Å². The molecule has 1 atom stereocenters. The molecule has 1 aromatic rings. The first-order chi connectivity index (χ1) is 10.3. The molecule has 0 amide bonds. The Morgan fingerprint density at radius 3 is 2.82 bits per heavy atom. The van der Waals surface area contributed by atoms with Gasteiger partial charge in [-0.25, -0.2) is 9.37 Å². The molecule has 3 nitrogen and oxygen atoms in total. The zero-order chi connectivity index (χ0) is 16.3. The van der Waals surface area contributed by atoms with Crippen LogP contribution in [0.4, 0.5) is 17.6 Å². The van der Waals surface area contributed by atoms with Crippen molar-refractivity contribution in [2.75, 3.05) is 6.54 Å². The van der Waals surface area contributed by atoms with E-state index in [0.29, 0.717) is 30.5 Å². The third kappa shape index (κ3) is 3.71. The van der Waals surface area contributed by atoms with E-state index in [1.807, 2.05) is 0 Å². The highest BCUT2D eigenvalue weighted by molar-refractivity contribution is 5.97. The monoisotopic (exact) mass is 315 g/mol. The molecular weight excluding hydrogens is 298 g/mol. The fraction of sp³-hybridized carbons (Fsp3) is 0.467. The van der Waals surface area contributed by atoms with Gasteiger partial charge in [0.25, 0.3) is 0 Å². The SMILES string of the molecule is CC/C=C(/F)C(=N)CNC1CCc2nc(C(F)(F)F)ccc21. The van der Waals surface area contributed by atoms with Gasteiger partial charge in [0.1, 0.15) is 11.5 Å². The third-order valence-electron chi connectivity index (χ3n) is 3.54. The Kier molecular flexibility index (Phi) is 4.95. The highest BCUT2D eigenvalue weighted by atomic mass is 19.4. The lowest BCUT2D eigenvalue weighted by molar-refractivity contribution is -0.141. The van der Waals surface area contributed by atoms with E-state index in [4.69, 9.17) is 5.41 Å². The summed E-state index contributed by atoms with van der Waals surface area (Å²) in [5.41, 5.74) is 0.0656. The van der Waals surface area contributed by atoms with Crippen LogP contribution in [0.15, 0.2) is 24.0 Å². The van der Waals surface area contributed by atoms with Crippen molar-refractivity contribution in [1.29, 1.82) is 5.41 Å². The minimum atomic E-state index is -4.45. The van der Waals surface area contributed by atoms with Crippen molar-refractivity contribution in [1.82, 2.24) is 10.3 Å². The van der Waals surface area contributed by atoms with Crippen molar-refractivity contribution in [2.45, 2.75) is 38.4 Å². The number of alkyl halides is 3. The van der Waals surface area contributed by atoms with Gasteiger partial charge in [0.15, 0.2) is 0 Å². The topological polar surface area (TPSA) is 48.8 Å². The minimum Gasteiger partial charge on any atom is -0.304 e. The molecule has 1 aliphatic carbocycles. The number of aromatic nitrogens is 1. The third-order valence-corrected chi connectivity index (χ3v) is 3.54. The molecule has 22 heavy (non-hydrogen) atoms. The quantitative estimate of drug-likeness (QED) is 0.638. The van der Waals surface area contributed by atoms with Crippen LogP contribution in [0.25, 0.3) is 0 Å². The molecule has 1 unspecified atom stereocenters. The van der Waals surface area contributed by atoms with E-state index in [1.165, 1.54) is 12.1 Å². The largest absolute Gasteiger partial charge is 0.433 e. The Morgan fingerprint density at radius 1 is 1.45 bits per heavy atom. The Bertz CT molecular complexity index is 593. The van der Waals surface area contributed by atoms with Gasteiger partial charge in [-0.1, -0.05) is 13.0 Å². The summed E-state index contributed by atoms with van der Waals surface area (Å²) in [5.74, 6) is -0.571. The fourth-order valence-corrected chi connectivity index (χ4v) is 2.45. The number of fused-ring (bicyclic) bond motifs is 1. The van der Waals surface area contributed by atoms with Crippen LogP contribution in [-0.4, -0.2) is 17.2 Å². The summed E-state index contributed by atoms with van der Waals surface area (Å²) in [6.45, 7) is 1.81. The van der Waals surface area contributed by atoms with E-state index in [1.54, 1.807) is 6.92 Å². The standard InChI is InChI=1S/C15H17F4N3/c1-2-3-10(16)11(20)8-21-12-5-6-13-9(12)4-7-14(22-13)15(17,18)19/h3-4,7,12,20-21H,2,5-6,8H2,1H3/b10-3+,20-11?. The van der Waals surface area contributed by atoms with Crippen LogP contribution in [0.2, 0.25) is 0 Å². The number of allylic oxidation sites excluding steroid dienone is 1. The predicted molar refractivity (Wildman–Crippen MR) is 75.5 cm³/mol. The lowest BCUT2D eigenvalue weighted by Crippen LogP contribution is -2.26. The van der Waals surface area contributed by atoms with Crippen molar-refractivity contribution in [3.05, 3.63) is 41.0 Å². The zero-order valence-corrected chi connectivity index (χ0v) is 12.1. The number of rotatable bonds is 5. The van der Waals surface area contributed by atoms with Crippen molar-refractivity contribution >= 4 is 5.71 Å². The summed E-state index contributed by atoms with van der Waals surface area (Å²) in [7, 11) is 0. The van der Waals surface area contributed by atoms with Crippen molar-refractivity contribution in [3.8, 4) is 0 Å². The first-order valence-corrected chi connectivity index (χ1v) is 7.06. The smallest absolute Gasteiger partial charge is 0.304 e. The average Bonchev–Trinajstić information content (AvgIpc) is 2.86. The van der Waals surface area contributed by atoms with E-state index < -0.39 is 17.7 Å². The van der Waals surface area contributed by atoms with Crippen LogP contribution in [0.5, 0.6) is 0 Å². The van der Waals surface area contributed by atoms with Crippen molar-refractivity contribution < 1.29 is 17.6 Å². The maximum Gasteiger partial charge on any atom is 0.433 e.